The molecule has 16 heteroatoms. The number of hydrogen-bond donors (Lipinski definition) is 2. The van der Waals surface area contributed by atoms with E-state index in [0.717, 1.165) is 41.3 Å². The molecule has 2 atom stereocenters. The van der Waals surface area contributed by atoms with Crippen LogP contribution >= 0.6 is 23.3 Å². The molecule has 4 rings (SSSR count). The van der Waals surface area contributed by atoms with E-state index in [4.69, 9.17) is 15.3 Å². The molecule has 1 unspecified atom stereocenters. The number of carboxylic acid groups (broad SMARTS) is 1. The van der Waals surface area contributed by atoms with Crippen LogP contribution in [0.5, 0.6) is 0 Å². The van der Waals surface area contributed by atoms with Crippen molar-refractivity contribution >= 4 is 57.9 Å². The van der Waals surface area contributed by atoms with Gasteiger partial charge in [-0.05, 0) is 13.3 Å². The summed E-state index contributed by atoms with van der Waals surface area (Å²) in [4.78, 5) is 61.0. The molecular formula is C36H51N7O7S2. The number of carbonyl (C=O) groups excluding carboxylic acids is 4. The van der Waals surface area contributed by atoms with Crippen molar-refractivity contribution in [3.8, 4) is 0 Å². The Morgan fingerprint density at radius 3 is 2.23 bits per heavy atom. The lowest BCUT2D eigenvalue weighted by atomic mass is 10.0. The molecule has 14 nitrogen and oxygen atoms in total. The molecule has 2 aliphatic rings. The summed E-state index contributed by atoms with van der Waals surface area (Å²) in [7, 11) is 0. The monoisotopic (exact) mass is 757 g/mol. The first-order valence-electron chi connectivity index (χ1n) is 18.4. The maximum absolute atomic E-state index is 13.2. The molecule has 0 bridgehead atoms. The number of esters is 1. The van der Waals surface area contributed by atoms with Gasteiger partial charge in [0, 0.05) is 47.0 Å². The Labute approximate surface area is 313 Å². The zero-order chi connectivity index (χ0) is 37.3. The number of unbranched alkanes of at least 4 members (excludes halogenated alkanes) is 12. The fraction of sp³-hybridized carbons (Fsp3) is 0.611. The van der Waals surface area contributed by atoms with Crippen molar-refractivity contribution in [2.45, 2.75) is 128 Å². The van der Waals surface area contributed by atoms with Gasteiger partial charge < -0.3 is 30.5 Å². The predicted octanol–water partition coefficient (Wildman–Crippen LogP) is 3.78. The van der Waals surface area contributed by atoms with Crippen LogP contribution in [-0.2, 0) is 41.9 Å². The van der Waals surface area contributed by atoms with E-state index in [1.54, 1.807) is 23.9 Å². The number of nitrogens with zero attached hydrogens (tertiary/aromatic N) is 5. The number of anilines is 1. The minimum Gasteiger partial charge on any atom is -0.543 e. The molecule has 0 aromatic carbocycles. The summed E-state index contributed by atoms with van der Waals surface area (Å²) < 4.78 is 11.3. The molecule has 4 heterocycles. The number of ether oxygens (including phenoxy) is 1. The summed E-state index contributed by atoms with van der Waals surface area (Å²) >= 11 is 2.20. The number of hydrogen-bond acceptors (Lipinski definition) is 13. The summed E-state index contributed by atoms with van der Waals surface area (Å²) in [6.45, 7) is 4.47. The summed E-state index contributed by atoms with van der Waals surface area (Å²) in [5.74, 6) is -2.79. The number of rotatable bonds is 24. The topological polar surface area (TPSA) is 193 Å². The zero-order valence-electron chi connectivity index (χ0n) is 30.2. The summed E-state index contributed by atoms with van der Waals surface area (Å²) in [5, 5.41) is 18.1. The third-order valence-electron chi connectivity index (χ3n) is 8.90. The third kappa shape index (κ3) is 12.0. The van der Waals surface area contributed by atoms with Crippen molar-refractivity contribution in [2.75, 3.05) is 18.1 Å². The van der Waals surface area contributed by atoms with Crippen molar-refractivity contribution < 1.29 is 38.4 Å². The van der Waals surface area contributed by atoms with Gasteiger partial charge in [-0.1, -0.05) is 89.1 Å². The number of aromatic nitrogens is 3. The maximum atomic E-state index is 13.2. The smallest absolute Gasteiger partial charge is 0.306 e. The van der Waals surface area contributed by atoms with Gasteiger partial charge in [-0.3, -0.25) is 19.3 Å². The van der Waals surface area contributed by atoms with Gasteiger partial charge >= 0.3 is 5.97 Å². The van der Waals surface area contributed by atoms with E-state index >= 15 is 0 Å². The highest BCUT2D eigenvalue weighted by Crippen LogP contribution is 2.40. The average Bonchev–Trinajstić information content (AvgIpc) is 3.57. The van der Waals surface area contributed by atoms with Crippen molar-refractivity contribution in [1.29, 1.82) is 0 Å². The van der Waals surface area contributed by atoms with E-state index in [9.17, 15) is 24.3 Å². The number of nitrogens with one attached hydrogen (secondary N) is 1. The lowest BCUT2D eigenvalue weighted by Gasteiger charge is -2.50. The van der Waals surface area contributed by atoms with Gasteiger partial charge in [-0.25, -0.2) is 4.57 Å². The van der Waals surface area contributed by atoms with Crippen LogP contribution in [-0.4, -0.2) is 67.5 Å². The fourth-order valence-corrected chi connectivity index (χ4v) is 7.85. The molecule has 52 heavy (non-hydrogen) atoms. The number of carboxylic acids is 1. The normalized spacial score (nSPS) is 17.1. The Morgan fingerprint density at radius 1 is 1.02 bits per heavy atom. The number of fused-ring (bicyclic) bond motifs is 1. The third-order valence-corrected chi connectivity index (χ3v) is 10.8. The van der Waals surface area contributed by atoms with Crippen molar-refractivity contribution in [3.63, 3.8) is 0 Å². The van der Waals surface area contributed by atoms with Crippen LogP contribution in [0.15, 0.2) is 41.0 Å². The number of oxime groups is 1. The second-order valence-electron chi connectivity index (χ2n) is 12.9. The lowest BCUT2D eigenvalue weighted by Crippen LogP contribution is -2.71. The van der Waals surface area contributed by atoms with Crippen LogP contribution < -0.4 is 20.7 Å². The Kier molecular flexibility index (Phi) is 16.8. The molecule has 1 fully saturated rings. The lowest BCUT2D eigenvalue weighted by molar-refractivity contribution is -0.689. The van der Waals surface area contributed by atoms with Crippen molar-refractivity contribution in [2.24, 2.45) is 5.16 Å². The number of thioether (sulfide) groups is 1. The summed E-state index contributed by atoms with van der Waals surface area (Å²) in [6, 6.07) is 2.61. The molecule has 0 radical (unpaired) electrons. The van der Waals surface area contributed by atoms with Gasteiger partial charge in [0.1, 0.15) is 24.6 Å². The van der Waals surface area contributed by atoms with E-state index in [1.807, 2.05) is 12.1 Å². The number of amides is 2. The SMILES string of the molecule is CCCCCCCCCCCCCCCC(=O)OCc1cc[n+](CC2=C(C(=O)[O-])N3C(=O)C(NC(=O)C(=NOCC)c4nsc(N)n4)[C@@H]3SC2)cc1. The number of nitrogen functional groups attached to an aromatic ring is 1. The molecule has 0 saturated carbocycles. The maximum Gasteiger partial charge on any atom is 0.306 e. The van der Waals surface area contributed by atoms with Gasteiger partial charge in [-0.2, -0.15) is 9.36 Å². The van der Waals surface area contributed by atoms with Gasteiger partial charge in [0.2, 0.25) is 11.5 Å². The number of pyridine rings is 1. The zero-order valence-corrected chi connectivity index (χ0v) is 31.8. The standard InChI is InChI=1S/C36H51N7O7S2/c1-3-5-6-7-8-9-10-11-12-13-14-15-16-17-27(44)49-23-25-18-20-42(21-19-25)22-26-24-51-34-29(33(46)43(34)30(26)35(47)48)38-32(45)28(40-50-4-2)31-39-36(37)52-41-31/h18-21,29,34H,3-17,22-24H2,1-2H3,(H3-,37,38,39,41,45,47,48)/t29?,34-/m0/s1. The Bertz CT molecular complexity index is 1560. The highest BCUT2D eigenvalue weighted by molar-refractivity contribution is 8.00. The number of nitrogens with two attached hydrogens (primary N) is 1. The average molecular weight is 758 g/mol. The molecule has 0 spiro atoms. The van der Waals surface area contributed by atoms with Crippen LogP contribution in [0.1, 0.15) is 115 Å². The molecule has 2 aromatic heterocycles. The highest BCUT2D eigenvalue weighted by Gasteiger charge is 2.53. The fourth-order valence-electron chi connectivity index (χ4n) is 6.08. The van der Waals surface area contributed by atoms with E-state index in [-0.39, 0.29) is 48.1 Å². The molecule has 0 aliphatic carbocycles. The highest BCUT2D eigenvalue weighted by atomic mass is 32.2. The van der Waals surface area contributed by atoms with Gasteiger partial charge in [0.05, 0.1) is 11.7 Å². The number of β-lactam (4-membered cyclic amide) rings is 1. The largest absolute Gasteiger partial charge is 0.543 e. The van der Waals surface area contributed by atoms with Gasteiger partial charge in [0.25, 0.3) is 11.8 Å². The molecule has 2 aromatic rings. The van der Waals surface area contributed by atoms with Crippen LogP contribution in [0.25, 0.3) is 0 Å². The van der Waals surface area contributed by atoms with E-state index in [2.05, 4.69) is 26.8 Å². The predicted molar refractivity (Wildman–Crippen MR) is 196 cm³/mol. The van der Waals surface area contributed by atoms with Crippen LogP contribution in [0.3, 0.4) is 0 Å². The number of carbonyl (C=O) groups is 4. The first-order valence-corrected chi connectivity index (χ1v) is 20.2. The first kappa shape index (κ1) is 40.7. The van der Waals surface area contributed by atoms with E-state index < -0.39 is 29.2 Å². The molecule has 1 saturated heterocycles. The minimum atomic E-state index is -1.48. The van der Waals surface area contributed by atoms with Crippen LogP contribution in [0, 0.1) is 0 Å². The molecule has 2 aliphatic heterocycles. The van der Waals surface area contributed by atoms with Crippen molar-refractivity contribution in [3.05, 3.63) is 47.2 Å². The Hall–Kier alpha value is -4.05. The van der Waals surface area contributed by atoms with E-state index in [1.165, 1.54) is 76.0 Å². The molecule has 2 amide bonds. The molecule has 3 N–H and O–H groups in total. The summed E-state index contributed by atoms with van der Waals surface area (Å²) in [6.07, 6.45) is 20.2. The first-order chi connectivity index (χ1) is 25.2. The van der Waals surface area contributed by atoms with Crippen LogP contribution in [0.4, 0.5) is 5.13 Å². The number of aliphatic carboxylic acids is 1. The second kappa shape index (κ2) is 21.5. The van der Waals surface area contributed by atoms with E-state index in [0.29, 0.717) is 17.7 Å². The molecular weight excluding hydrogens is 707 g/mol. The van der Waals surface area contributed by atoms with Crippen LogP contribution in [0.2, 0.25) is 0 Å². The van der Waals surface area contributed by atoms with Crippen molar-refractivity contribution in [1.82, 2.24) is 19.6 Å². The Morgan fingerprint density at radius 2 is 1.65 bits per heavy atom. The van der Waals surface area contributed by atoms with Gasteiger partial charge in [0.15, 0.2) is 24.1 Å². The summed E-state index contributed by atoms with van der Waals surface area (Å²) in [5.41, 5.74) is 6.48. The molecule has 284 valence electrons. The van der Waals surface area contributed by atoms with Gasteiger partial charge in [-0.15, -0.1) is 11.8 Å². The quantitative estimate of drug-likeness (QED) is 0.0396. The Balaban J connectivity index is 1.18. The second-order valence-corrected chi connectivity index (χ2v) is 14.8. The minimum absolute atomic E-state index is 0.0442.